The molecule has 142 valence electrons. The van der Waals surface area contributed by atoms with Crippen LogP contribution in [0.2, 0.25) is 0 Å². The molecule has 1 aliphatic heterocycles. The number of rotatable bonds is 6. The number of nitrogens with zero attached hydrogens (tertiary/aromatic N) is 1. The third-order valence-corrected chi connectivity index (χ3v) is 5.48. The molecule has 26 heavy (non-hydrogen) atoms. The second kappa shape index (κ2) is 8.56. The summed E-state index contributed by atoms with van der Waals surface area (Å²) in [5.41, 5.74) is 0.834. The maximum absolute atomic E-state index is 12.6. The van der Waals surface area contributed by atoms with Gasteiger partial charge in [0.05, 0.1) is 12.5 Å². The standard InChI is InChI=1S/C21H30N2O3/c1-3-12-26-19-10-8-18(9-11-19)23-14-16(13-20(23)24)21(25)22-17-6-4-15(2)5-7-17/h8-11,15-17H,3-7,12-14H2,1-2H3,(H,22,25)/t15?,16-,17?/m1/s1. The molecular weight excluding hydrogens is 328 g/mol. The number of carbonyl (C=O) groups is 2. The van der Waals surface area contributed by atoms with E-state index >= 15 is 0 Å². The highest BCUT2D eigenvalue weighted by atomic mass is 16.5. The molecule has 0 radical (unpaired) electrons. The van der Waals surface area contributed by atoms with Crippen molar-refractivity contribution in [2.24, 2.45) is 11.8 Å². The molecule has 2 fully saturated rings. The van der Waals surface area contributed by atoms with E-state index < -0.39 is 0 Å². The first-order chi connectivity index (χ1) is 12.6. The van der Waals surface area contributed by atoms with Gasteiger partial charge in [0, 0.05) is 24.7 Å². The van der Waals surface area contributed by atoms with Gasteiger partial charge in [0.1, 0.15) is 5.75 Å². The molecule has 3 rings (SSSR count). The minimum Gasteiger partial charge on any atom is -0.494 e. The number of hydrogen-bond donors (Lipinski definition) is 1. The molecule has 1 saturated heterocycles. The Morgan fingerprint density at radius 2 is 1.88 bits per heavy atom. The van der Waals surface area contributed by atoms with Crippen LogP contribution >= 0.6 is 0 Å². The van der Waals surface area contributed by atoms with Gasteiger partial charge in [0.2, 0.25) is 11.8 Å². The van der Waals surface area contributed by atoms with Gasteiger partial charge in [0.25, 0.3) is 0 Å². The Hall–Kier alpha value is -2.04. The van der Waals surface area contributed by atoms with Gasteiger partial charge >= 0.3 is 0 Å². The number of benzene rings is 1. The SMILES string of the molecule is CCCOc1ccc(N2C[C@H](C(=O)NC3CCC(C)CC3)CC2=O)cc1. The third kappa shape index (κ3) is 4.57. The van der Waals surface area contributed by atoms with Crippen LogP contribution in [0.15, 0.2) is 24.3 Å². The first-order valence-electron chi connectivity index (χ1n) is 9.90. The number of anilines is 1. The van der Waals surface area contributed by atoms with Crippen LogP contribution in [0.5, 0.6) is 5.75 Å². The Morgan fingerprint density at radius 3 is 2.54 bits per heavy atom. The lowest BCUT2D eigenvalue weighted by Gasteiger charge is -2.27. The first-order valence-corrected chi connectivity index (χ1v) is 9.90. The Morgan fingerprint density at radius 1 is 1.19 bits per heavy atom. The van der Waals surface area contributed by atoms with Crippen LogP contribution in [0.4, 0.5) is 5.69 Å². The Labute approximate surface area is 156 Å². The summed E-state index contributed by atoms with van der Waals surface area (Å²) < 4.78 is 5.58. The number of nitrogens with one attached hydrogen (secondary N) is 1. The zero-order valence-corrected chi connectivity index (χ0v) is 15.9. The van der Waals surface area contributed by atoms with Crippen LogP contribution in [0.3, 0.4) is 0 Å². The first kappa shape index (κ1) is 18.7. The zero-order chi connectivity index (χ0) is 18.5. The number of ether oxygens (including phenoxy) is 1. The predicted molar refractivity (Wildman–Crippen MR) is 102 cm³/mol. The summed E-state index contributed by atoms with van der Waals surface area (Å²) in [6.07, 6.45) is 5.71. The van der Waals surface area contributed by atoms with E-state index in [4.69, 9.17) is 4.74 Å². The molecular formula is C21H30N2O3. The Bertz CT molecular complexity index is 621. The predicted octanol–water partition coefficient (Wildman–Crippen LogP) is 3.52. The van der Waals surface area contributed by atoms with Gasteiger partial charge in [0.15, 0.2) is 0 Å². The van der Waals surface area contributed by atoms with Crippen LogP contribution in [0.1, 0.15) is 52.4 Å². The number of hydrogen-bond acceptors (Lipinski definition) is 3. The highest BCUT2D eigenvalue weighted by molar-refractivity contribution is 6.00. The van der Waals surface area contributed by atoms with E-state index in [1.54, 1.807) is 4.90 Å². The van der Waals surface area contributed by atoms with Crippen LogP contribution in [0, 0.1) is 11.8 Å². The minimum atomic E-state index is -0.252. The summed E-state index contributed by atoms with van der Waals surface area (Å²) in [6, 6.07) is 7.83. The molecule has 5 heteroatoms. The summed E-state index contributed by atoms with van der Waals surface area (Å²) in [5.74, 6) is 1.37. The van der Waals surface area contributed by atoms with Crippen molar-refractivity contribution in [2.75, 3.05) is 18.1 Å². The summed E-state index contributed by atoms with van der Waals surface area (Å²) >= 11 is 0. The maximum Gasteiger partial charge on any atom is 0.227 e. The number of amides is 2. The lowest BCUT2D eigenvalue weighted by Crippen LogP contribution is -2.41. The highest BCUT2D eigenvalue weighted by Gasteiger charge is 2.36. The van der Waals surface area contributed by atoms with E-state index in [0.29, 0.717) is 19.6 Å². The third-order valence-electron chi connectivity index (χ3n) is 5.48. The molecule has 1 aliphatic carbocycles. The van der Waals surface area contributed by atoms with Crippen molar-refractivity contribution >= 4 is 17.5 Å². The molecule has 1 saturated carbocycles. The quantitative estimate of drug-likeness (QED) is 0.846. The average molecular weight is 358 g/mol. The second-order valence-electron chi connectivity index (χ2n) is 7.71. The average Bonchev–Trinajstić information content (AvgIpc) is 3.04. The molecule has 1 atom stereocenters. The fourth-order valence-electron chi connectivity index (χ4n) is 3.80. The lowest BCUT2D eigenvalue weighted by molar-refractivity contribution is -0.127. The lowest BCUT2D eigenvalue weighted by atomic mass is 9.87. The zero-order valence-electron chi connectivity index (χ0n) is 15.9. The highest BCUT2D eigenvalue weighted by Crippen LogP contribution is 2.28. The van der Waals surface area contributed by atoms with Gasteiger partial charge in [-0.1, -0.05) is 13.8 Å². The van der Waals surface area contributed by atoms with E-state index in [0.717, 1.165) is 36.6 Å². The summed E-state index contributed by atoms with van der Waals surface area (Å²) in [6.45, 7) is 5.48. The summed E-state index contributed by atoms with van der Waals surface area (Å²) in [5, 5.41) is 3.17. The maximum atomic E-state index is 12.6. The van der Waals surface area contributed by atoms with Crippen molar-refractivity contribution in [3.05, 3.63) is 24.3 Å². The molecule has 2 amide bonds. The fourth-order valence-corrected chi connectivity index (χ4v) is 3.80. The normalized spacial score (nSPS) is 26.0. The Kier molecular flexibility index (Phi) is 6.17. The van der Waals surface area contributed by atoms with Gasteiger partial charge in [-0.2, -0.15) is 0 Å². The van der Waals surface area contributed by atoms with Crippen LogP contribution in [0.25, 0.3) is 0 Å². The number of carbonyl (C=O) groups excluding carboxylic acids is 2. The molecule has 1 aromatic carbocycles. The van der Waals surface area contributed by atoms with Crippen molar-refractivity contribution < 1.29 is 14.3 Å². The van der Waals surface area contributed by atoms with Gasteiger partial charge in [-0.25, -0.2) is 0 Å². The van der Waals surface area contributed by atoms with E-state index in [9.17, 15) is 9.59 Å². The van der Waals surface area contributed by atoms with E-state index in [-0.39, 0.29) is 23.8 Å². The largest absolute Gasteiger partial charge is 0.494 e. The molecule has 5 nitrogen and oxygen atoms in total. The molecule has 0 bridgehead atoms. The van der Waals surface area contributed by atoms with Crippen LogP contribution in [-0.4, -0.2) is 31.0 Å². The van der Waals surface area contributed by atoms with Crippen molar-refractivity contribution in [1.82, 2.24) is 5.32 Å². The molecule has 1 aromatic rings. The van der Waals surface area contributed by atoms with Crippen molar-refractivity contribution in [2.45, 2.75) is 58.4 Å². The van der Waals surface area contributed by atoms with Crippen molar-refractivity contribution in [1.29, 1.82) is 0 Å². The van der Waals surface area contributed by atoms with Gasteiger partial charge in [-0.3, -0.25) is 9.59 Å². The molecule has 0 unspecified atom stereocenters. The molecule has 0 aromatic heterocycles. The fraction of sp³-hybridized carbons (Fsp3) is 0.619. The van der Waals surface area contributed by atoms with Gasteiger partial charge in [-0.15, -0.1) is 0 Å². The molecule has 1 N–H and O–H groups in total. The minimum absolute atomic E-state index is 0.0182. The Balaban J connectivity index is 1.55. The van der Waals surface area contributed by atoms with Crippen LogP contribution < -0.4 is 15.0 Å². The molecule has 0 spiro atoms. The van der Waals surface area contributed by atoms with Crippen molar-refractivity contribution in [3.63, 3.8) is 0 Å². The monoisotopic (exact) mass is 358 g/mol. The topological polar surface area (TPSA) is 58.6 Å². The summed E-state index contributed by atoms with van der Waals surface area (Å²) in [4.78, 5) is 26.7. The smallest absolute Gasteiger partial charge is 0.227 e. The van der Waals surface area contributed by atoms with E-state index in [1.807, 2.05) is 24.3 Å². The van der Waals surface area contributed by atoms with Gasteiger partial charge < -0.3 is 15.0 Å². The van der Waals surface area contributed by atoms with Gasteiger partial charge in [-0.05, 0) is 62.3 Å². The molecule has 2 aliphatic rings. The summed E-state index contributed by atoms with van der Waals surface area (Å²) in [7, 11) is 0. The van der Waals surface area contributed by atoms with Crippen molar-refractivity contribution in [3.8, 4) is 5.75 Å². The van der Waals surface area contributed by atoms with E-state index in [2.05, 4.69) is 19.2 Å². The second-order valence-corrected chi connectivity index (χ2v) is 7.71. The van der Waals surface area contributed by atoms with E-state index in [1.165, 1.54) is 12.8 Å². The van der Waals surface area contributed by atoms with Crippen LogP contribution in [-0.2, 0) is 9.59 Å². The molecule has 1 heterocycles.